The second kappa shape index (κ2) is 7.67. The average molecular weight is 258 g/mol. The highest BCUT2D eigenvalue weighted by atomic mass is 35.5. The van der Waals surface area contributed by atoms with Crippen molar-refractivity contribution >= 4 is 11.6 Å². The van der Waals surface area contributed by atoms with Crippen LogP contribution in [0, 0.1) is 0 Å². The molecule has 0 spiro atoms. The SMILES string of the molecule is CCCN(CCO)CC(O)c1cccc(Cl)c1. The third kappa shape index (κ3) is 5.04. The van der Waals surface area contributed by atoms with Gasteiger partial charge in [0.25, 0.3) is 0 Å². The van der Waals surface area contributed by atoms with Crippen LogP contribution in [0.1, 0.15) is 25.0 Å². The largest absolute Gasteiger partial charge is 0.395 e. The minimum Gasteiger partial charge on any atom is -0.395 e. The first-order valence-electron chi connectivity index (χ1n) is 5.94. The van der Waals surface area contributed by atoms with E-state index in [1.54, 1.807) is 12.1 Å². The van der Waals surface area contributed by atoms with E-state index in [0.29, 0.717) is 18.1 Å². The predicted octanol–water partition coefficient (Wildman–Crippen LogP) is 2.08. The minimum atomic E-state index is -0.563. The molecule has 0 bridgehead atoms. The van der Waals surface area contributed by atoms with Crippen LogP contribution in [-0.2, 0) is 0 Å². The molecule has 1 atom stereocenters. The Morgan fingerprint density at radius 3 is 2.71 bits per heavy atom. The lowest BCUT2D eigenvalue weighted by molar-refractivity contribution is 0.0999. The molecule has 1 unspecified atom stereocenters. The van der Waals surface area contributed by atoms with Gasteiger partial charge in [0.2, 0.25) is 0 Å². The molecule has 0 aliphatic carbocycles. The standard InChI is InChI=1S/C13H20ClNO2/c1-2-6-15(7-8-16)10-13(17)11-4-3-5-12(14)9-11/h3-5,9,13,16-17H,2,6-8,10H2,1H3. The van der Waals surface area contributed by atoms with E-state index < -0.39 is 6.10 Å². The number of aliphatic hydroxyl groups excluding tert-OH is 2. The van der Waals surface area contributed by atoms with Gasteiger partial charge in [-0.05, 0) is 30.7 Å². The Balaban J connectivity index is 2.59. The average Bonchev–Trinajstić information content (AvgIpc) is 2.29. The van der Waals surface area contributed by atoms with Gasteiger partial charge in [0.15, 0.2) is 0 Å². The van der Waals surface area contributed by atoms with Crippen LogP contribution in [0.5, 0.6) is 0 Å². The monoisotopic (exact) mass is 257 g/mol. The highest BCUT2D eigenvalue weighted by Gasteiger charge is 2.12. The Hall–Kier alpha value is -0.610. The summed E-state index contributed by atoms with van der Waals surface area (Å²) in [5.74, 6) is 0. The summed E-state index contributed by atoms with van der Waals surface area (Å²) < 4.78 is 0. The van der Waals surface area contributed by atoms with Crippen molar-refractivity contribution in [1.82, 2.24) is 4.90 Å². The van der Waals surface area contributed by atoms with Crippen molar-refractivity contribution in [2.24, 2.45) is 0 Å². The first kappa shape index (κ1) is 14.5. The summed E-state index contributed by atoms with van der Waals surface area (Å²) in [5.41, 5.74) is 0.816. The Bertz CT molecular complexity index is 327. The van der Waals surface area contributed by atoms with Crippen LogP contribution in [0.3, 0.4) is 0 Å². The molecule has 0 saturated carbocycles. The summed E-state index contributed by atoms with van der Waals surface area (Å²) in [6.45, 7) is 4.18. The maximum atomic E-state index is 10.1. The van der Waals surface area contributed by atoms with Crippen molar-refractivity contribution < 1.29 is 10.2 Å². The third-order valence-corrected chi connectivity index (χ3v) is 2.86. The van der Waals surface area contributed by atoms with Crippen LogP contribution in [0.2, 0.25) is 5.02 Å². The Kier molecular flexibility index (Phi) is 6.52. The van der Waals surface area contributed by atoms with Gasteiger partial charge in [-0.2, -0.15) is 0 Å². The molecule has 1 rings (SSSR count). The first-order chi connectivity index (χ1) is 8.17. The second-order valence-electron chi connectivity index (χ2n) is 4.10. The summed E-state index contributed by atoms with van der Waals surface area (Å²) >= 11 is 5.88. The molecule has 0 aliphatic heterocycles. The zero-order valence-electron chi connectivity index (χ0n) is 10.1. The smallest absolute Gasteiger partial charge is 0.0917 e. The summed E-state index contributed by atoms with van der Waals surface area (Å²) in [7, 11) is 0. The van der Waals surface area contributed by atoms with Gasteiger partial charge < -0.3 is 10.2 Å². The van der Waals surface area contributed by atoms with Crippen molar-refractivity contribution in [2.45, 2.75) is 19.4 Å². The van der Waals surface area contributed by atoms with Gasteiger partial charge in [-0.1, -0.05) is 30.7 Å². The number of hydrogen-bond acceptors (Lipinski definition) is 3. The van der Waals surface area contributed by atoms with E-state index >= 15 is 0 Å². The first-order valence-corrected chi connectivity index (χ1v) is 6.32. The van der Waals surface area contributed by atoms with Gasteiger partial charge >= 0.3 is 0 Å². The molecule has 0 radical (unpaired) electrons. The lowest BCUT2D eigenvalue weighted by Crippen LogP contribution is -2.32. The molecule has 4 heteroatoms. The molecule has 17 heavy (non-hydrogen) atoms. The van der Waals surface area contributed by atoms with E-state index in [4.69, 9.17) is 16.7 Å². The van der Waals surface area contributed by atoms with Crippen molar-refractivity contribution in [3.05, 3.63) is 34.9 Å². The molecule has 1 aromatic rings. The van der Waals surface area contributed by atoms with Gasteiger partial charge in [0.1, 0.15) is 0 Å². The topological polar surface area (TPSA) is 43.7 Å². The fourth-order valence-electron chi connectivity index (χ4n) is 1.82. The van der Waals surface area contributed by atoms with E-state index in [1.807, 2.05) is 17.0 Å². The third-order valence-electron chi connectivity index (χ3n) is 2.62. The molecule has 0 aliphatic rings. The highest BCUT2D eigenvalue weighted by Crippen LogP contribution is 2.18. The number of hydrogen-bond donors (Lipinski definition) is 2. The molecule has 0 amide bonds. The quantitative estimate of drug-likeness (QED) is 0.786. The summed E-state index contributed by atoms with van der Waals surface area (Å²) in [5, 5.41) is 19.7. The van der Waals surface area contributed by atoms with Gasteiger partial charge in [0, 0.05) is 18.1 Å². The number of nitrogens with zero attached hydrogens (tertiary/aromatic N) is 1. The van der Waals surface area contributed by atoms with Crippen LogP contribution in [0.4, 0.5) is 0 Å². The van der Waals surface area contributed by atoms with Crippen molar-refractivity contribution in [1.29, 1.82) is 0 Å². The Morgan fingerprint density at radius 1 is 1.35 bits per heavy atom. The number of benzene rings is 1. The summed E-state index contributed by atoms with van der Waals surface area (Å²) in [6.07, 6.45) is 0.439. The highest BCUT2D eigenvalue weighted by molar-refractivity contribution is 6.30. The van der Waals surface area contributed by atoms with Gasteiger partial charge in [-0.15, -0.1) is 0 Å². The van der Waals surface area contributed by atoms with E-state index in [0.717, 1.165) is 18.5 Å². The van der Waals surface area contributed by atoms with Crippen LogP contribution < -0.4 is 0 Å². The van der Waals surface area contributed by atoms with E-state index in [2.05, 4.69) is 6.92 Å². The van der Waals surface area contributed by atoms with Crippen molar-refractivity contribution in [2.75, 3.05) is 26.2 Å². The molecule has 0 heterocycles. The van der Waals surface area contributed by atoms with Crippen LogP contribution in [0.25, 0.3) is 0 Å². The Morgan fingerprint density at radius 2 is 2.12 bits per heavy atom. The van der Waals surface area contributed by atoms with Crippen LogP contribution in [0.15, 0.2) is 24.3 Å². The molecule has 0 fully saturated rings. The molecule has 0 aromatic heterocycles. The normalized spacial score (nSPS) is 13.0. The zero-order chi connectivity index (χ0) is 12.7. The Labute approximate surface area is 108 Å². The van der Waals surface area contributed by atoms with Gasteiger partial charge in [-0.3, -0.25) is 4.90 Å². The van der Waals surface area contributed by atoms with Crippen LogP contribution >= 0.6 is 11.6 Å². The van der Waals surface area contributed by atoms with Gasteiger partial charge in [-0.25, -0.2) is 0 Å². The second-order valence-corrected chi connectivity index (χ2v) is 4.53. The predicted molar refractivity (Wildman–Crippen MR) is 70.2 cm³/mol. The fourth-order valence-corrected chi connectivity index (χ4v) is 2.01. The fraction of sp³-hybridized carbons (Fsp3) is 0.538. The molecular formula is C13H20ClNO2. The molecular weight excluding hydrogens is 238 g/mol. The molecule has 96 valence electrons. The maximum Gasteiger partial charge on any atom is 0.0917 e. The van der Waals surface area contributed by atoms with Crippen molar-refractivity contribution in [3.8, 4) is 0 Å². The van der Waals surface area contributed by atoms with E-state index in [1.165, 1.54) is 0 Å². The number of rotatable bonds is 7. The van der Waals surface area contributed by atoms with Gasteiger partial charge in [0.05, 0.1) is 12.7 Å². The van der Waals surface area contributed by atoms with E-state index in [-0.39, 0.29) is 6.61 Å². The van der Waals surface area contributed by atoms with E-state index in [9.17, 15) is 5.11 Å². The molecule has 1 aromatic carbocycles. The summed E-state index contributed by atoms with van der Waals surface area (Å²) in [6, 6.07) is 7.25. The lowest BCUT2D eigenvalue weighted by atomic mass is 10.1. The molecule has 2 N–H and O–H groups in total. The number of halogens is 1. The maximum absolute atomic E-state index is 10.1. The zero-order valence-corrected chi connectivity index (χ0v) is 10.9. The summed E-state index contributed by atoms with van der Waals surface area (Å²) in [4.78, 5) is 2.05. The number of aliphatic hydroxyl groups is 2. The van der Waals surface area contributed by atoms with Crippen molar-refractivity contribution in [3.63, 3.8) is 0 Å². The lowest BCUT2D eigenvalue weighted by Gasteiger charge is -2.24. The van der Waals surface area contributed by atoms with Crippen LogP contribution in [-0.4, -0.2) is 41.4 Å². The minimum absolute atomic E-state index is 0.113. The molecule has 0 saturated heterocycles. The molecule has 3 nitrogen and oxygen atoms in total.